The minimum absolute atomic E-state index is 0.0144. The molecule has 1 N–H and O–H groups in total. The fourth-order valence-corrected chi connectivity index (χ4v) is 5.29. The zero-order valence-electron chi connectivity index (χ0n) is 16.1. The van der Waals surface area contributed by atoms with Gasteiger partial charge in [0.05, 0.1) is 13.0 Å². The van der Waals surface area contributed by atoms with Gasteiger partial charge in [-0.05, 0) is 61.7 Å². The Labute approximate surface area is 174 Å². The van der Waals surface area contributed by atoms with Crippen LogP contribution < -0.4 is 10.1 Å². The number of carbonyl (C=O) groups excluding carboxylic acids is 1. The number of hydrogen-bond acceptors (Lipinski definition) is 4. The predicted molar refractivity (Wildman–Crippen MR) is 109 cm³/mol. The van der Waals surface area contributed by atoms with Crippen LogP contribution >= 0.6 is 11.6 Å². The molecular weight excluding hydrogens is 419 g/mol. The van der Waals surface area contributed by atoms with Gasteiger partial charge in [0.25, 0.3) is 0 Å². The monoisotopic (exact) mass is 440 g/mol. The number of aryl methyl sites for hydroxylation is 1. The lowest BCUT2D eigenvalue weighted by molar-refractivity contribution is -0.120. The van der Waals surface area contributed by atoms with Crippen molar-refractivity contribution >= 4 is 33.2 Å². The largest absolute Gasteiger partial charge is 0.495 e. The number of nitrogens with zero attached hydrogens (tertiary/aromatic N) is 1. The van der Waals surface area contributed by atoms with Crippen molar-refractivity contribution in [2.75, 3.05) is 25.5 Å². The van der Waals surface area contributed by atoms with Crippen molar-refractivity contribution in [3.05, 3.63) is 52.8 Å². The maximum Gasteiger partial charge on any atom is 0.246 e. The average Bonchev–Trinajstić information content (AvgIpc) is 2.70. The molecule has 0 unspecified atom stereocenters. The summed E-state index contributed by atoms with van der Waals surface area (Å²) in [5, 5.41) is 3.42. The normalized spacial score (nSPS) is 17.7. The number of ether oxygens (including phenoxy) is 1. The molecule has 3 rings (SSSR count). The van der Waals surface area contributed by atoms with E-state index in [2.05, 4.69) is 5.32 Å². The number of nitrogens with one attached hydrogen (secondary N) is 1. The van der Waals surface area contributed by atoms with Crippen molar-refractivity contribution in [2.24, 2.45) is 5.92 Å². The van der Waals surface area contributed by atoms with Crippen molar-refractivity contribution in [3.63, 3.8) is 0 Å². The van der Waals surface area contributed by atoms with Gasteiger partial charge in [-0.3, -0.25) is 4.79 Å². The molecule has 1 amide bonds. The van der Waals surface area contributed by atoms with Crippen LogP contribution in [-0.4, -0.2) is 38.8 Å². The molecule has 1 saturated heterocycles. The molecule has 6 nitrogen and oxygen atoms in total. The summed E-state index contributed by atoms with van der Waals surface area (Å²) in [6.07, 6.45) is 1.08. The van der Waals surface area contributed by atoms with Crippen LogP contribution in [0.5, 0.6) is 5.75 Å². The van der Waals surface area contributed by atoms with E-state index >= 15 is 0 Å². The van der Waals surface area contributed by atoms with Gasteiger partial charge in [0, 0.05) is 23.8 Å². The Hall–Kier alpha value is -2.16. The van der Waals surface area contributed by atoms with Crippen LogP contribution in [0, 0.1) is 18.7 Å². The van der Waals surface area contributed by atoms with Gasteiger partial charge in [-0.15, -0.1) is 0 Å². The van der Waals surface area contributed by atoms with E-state index in [1.807, 2.05) is 6.92 Å². The maximum atomic E-state index is 13.7. The second kappa shape index (κ2) is 8.69. The average molecular weight is 441 g/mol. The summed E-state index contributed by atoms with van der Waals surface area (Å²) in [6.45, 7) is 2.10. The van der Waals surface area contributed by atoms with Crippen LogP contribution in [-0.2, 0) is 14.8 Å². The van der Waals surface area contributed by atoms with E-state index in [0.29, 0.717) is 23.6 Å². The Balaban J connectivity index is 1.79. The highest BCUT2D eigenvalue weighted by Gasteiger charge is 2.35. The zero-order chi connectivity index (χ0) is 21.2. The molecule has 1 aliphatic heterocycles. The van der Waals surface area contributed by atoms with Crippen LogP contribution in [0.25, 0.3) is 0 Å². The Kier molecular flexibility index (Phi) is 6.45. The summed E-state index contributed by atoms with van der Waals surface area (Å²) < 4.78 is 46.1. The lowest BCUT2D eigenvalue weighted by Crippen LogP contribution is -2.43. The number of halogens is 2. The topological polar surface area (TPSA) is 75.7 Å². The number of piperidine rings is 1. The standard InChI is InChI=1S/C20H22ClFN2O4S/c1-13-10-15(21)5-7-17(13)23-20(25)14-4-3-9-24(12-14)29(26,27)19-11-16(22)6-8-18(19)28-2/h5-8,10-11,14H,3-4,9,12H2,1-2H3,(H,23,25)/t14-/m0/s1. The van der Waals surface area contributed by atoms with Gasteiger partial charge in [0.15, 0.2) is 0 Å². The molecule has 0 saturated carbocycles. The first-order valence-electron chi connectivity index (χ1n) is 9.13. The van der Waals surface area contributed by atoms with Crippen LogP contribution in [0.2, 0.25) is 5.02 Å². The molecule has 156 valence electrons. The molecule has 9 heteroatoms. The summed E-state index contributed by atoms with van der Waals surface area (Å²) in [4.78, 5) is 12.5. The van der Waals surface area contributed by atoms with Crippen LogP contribution in [0.1, 0.15) is 18.4 Å². The third-order valence-corrected chi connectivity index (χ3v) is 7.07. The third kappa shape index (κ3) is 4.71. The van der Waals surface area contributed by atoms with Crippen molar-refractivity contribution in [1.82, 2.24) is 4.31 Å². The Morgan fingerprint density at radius 2 is 2.03 bits per heavy atom. The van der Waals surface area contributed by atoms with E-state index in [9.17, 15) is 17.6 Å². The van der Waals surface area contributed by atoms with Crippen molar-refractivity contribution in [2.45, 2.75) is 24.7 Å². The van der Waals surface area contributed by atoms with Gasteiger partial charge < -0.3 is 10.1 Å². The molecule has 0 radical (unpaired) electrons. The van der Waals surface area contributed by atoms with Crippen molar-refractivity contribution < 1.29 is 22.3 Å². The lowest BCUT2D eigenvalue weighted by atomic mass is 9.98. The molecule has 1 fully saturated rings. The highest BCUT2D eigenvalue weighted by atomic mass is 35.5. The molecule has 1 aliphatic rings. The van der Waals surface area contributed by atoms with E-state index in [1.54, 1.807) is 18.2 Å². The predicted octanol–water partition coefficient (Wildman–Crippen LogP) is 3.84. The van der Waals surface area contributed by atoms with Gasteiger partial charge in [0.2, 0.25) is 15.9 Å². The number of rotatable bonds is 5. The minimum atomic E-state index is -4.01. The first kappa shape index (κ1) is 21.5. The van der Waals surface area contributed by atoms with Crippen molar-refractivity contribution in [1.29, 1.82) is 0 Å². The van der Waals surface area contributed by atoms with Crippen LogP contribution in [0.3, 0.4) is 0 Å². The zero-order valence-corrected chi connectivity index (χ0v) is 17.7. The van der Waals surface area contributed by atoms with Crippen LogP contribution in [0.15, 0.2) is 41.3 Å². The number of anilines is 1. The third-order valence-electron chi connectivity index (χ3n) is 4.94. The molecule has 1 atom stereocenters. The Morgan fingerprint density at radius 1 is 1.28 bits per heavy atom. The first-order chi connectivity index (χ1) is 13.7. The first-order valence-corrected chi connectivity index (χ1v) is 10.9. The molecular formula is C20H22ClFN2O4S. The second-order valence-electron chi connectivity index (χ2n) is 6.95. The van der Waals surface area contributed by atoms with E-state index in [4.69, 9.17) is 16.3 Å². The molecule has 2 aromatic rings. The number of hydrogen-bond donors (Lipinski definition) is 1. The Morgan fingerprint density at radius 3 is 2.72 bits per heavy atom. The molecule has 0 bridgehead atoms. The van der Waals surface area contributed by atoms with E-state index in [1.165, 1.54) is 17.5 Å². The number of amides is 1. The summed E-state index contributed by atoms with van der Waals surface area (Å²) in [6, 6.07) is 8.49. The van der Waals surface area contributed by atoms with Gasteiger partial charge >= 0.3 is 0 Å². The number of sulfonamides is 1. The summed E-state index contributed by atoms with van der Waals surface area (Å²) in [5.74, 6) is -1.39. The van der Waals surface area contributed by atoms with Gasteiger partial charge in [-0.2, -0.15) is 4.31 Å². The van der Waals surface area contributed by atoms with E-state index < -0.39 is 21.8 Å². The quantitative estimate of drug-likeness (QED) is 0.766. The molecule has 2 aromatic carbocycles. The summed E-state index contributed by atoms with van der Waals surface area (Å²) >= 11 is 5.94. The highest BCUT2D eigenvalue weighted by Crippen LogP contribution is 2.31. The molecule has 29 heavy (non-hydrogen) atoms. The highest BCUT2D eigenvalue weighted by molar-refractivity contribution is 7.89. The maximum absolute atomic E-state index is 13.7. The molecule has 0 aliphatic carbocycles. The van der Waals surface area contributed by atoms with E-state index in [-0.39, 0.29) is 29.6 Å². The number of benzene rings is 2. The molecule has 0 spiro atoms. The number of methoxy groups -OCH3 is 1. The van der Waals surface area contributed by atoms with Gasteiger partial charge in [-0.1, -0.05) is 11.6 Å². The van der Waals surface area contributed by atoms with E-state index in [0.717, 1.165) is 17.7 Å². The molecule has 1 heterocycles. The summed E-state index contributed by atoms with van der Waals surface area (Å²) in [7, 11) is -2.68. The smallest absolute Gasteiger partial charge is 0.246 e. The second-order valence-corrected chi connectivity index (χ2v) is 9.29. The molecule has 0 aromatic heterocycles. The van der Waals surface area contributed by atoms with Gasteiger partial charge in [-0.25, -0.2) is 12.8 Å². The van der Waals surface area contributed by atoms with Gasteiger partial charge in [0.1, 0.15) is 16.5 Å². The number of carbonyl (C=O) groups is 1. The Bertz CT molecular complexity index is 1030. The fraction of sp³-hybridized carbons (Fsp3) is 0.350. The SMILES string of the molecule is COc1ccc(F)cc1S(=O)(=O)N1CCC[C@H](C(=O)Nc2ccc(Cl)cc2C)C1. The lowest BCUT2D eigenvalue weighted by Gasteiger charge is -2.31. The van der Waals surface area contributed by atoms with Crippen LogP contribution in [0.4, 0.5) is 10.1 Å². The minimum Gasteiger partial charge on any atom is -0.495 e. The fourth-order valence-electron chi connectivity index (χ4n) is 3.37. The van der Waals surface area contributed by atoms with Crippen molar-refractivity contribution in [3.8, 4) is 5.75 Å². The summed E-state index contributed by atoms with van der Waals surface area (Å²) in [5.41, 5.74) is 1.45.